The minimum absolute atomic E-state index is 0.127. The second-order valence-corrected chi connectivity index (χ2v) is 6.57. The van der Waals surface area contributed by atoms with Crippen LogP contribution < -0.4 is 10.1 Å². The Morgan fingerprint density at radius 3 is 2.37 bits per heavy atom. The van der Waals surface area contributed by atoms with E-state index in [1.807, 2.05) is 29.2 Å². The van der Waals surface area contributed by atoms with Crippen LogP contribution in [0.4, 0.5) is 14.5 Å². The number of rotatable bonds is 6. The normalized spacial score (nSPS) is 15.5. The van der Waals surface area contributed by atoms with Gasteiger partial charge in [0.25, 0.3) is 0 Å². The third-order valence-electron chi connectivity index (χ3n) is 4.60. The SMILES string of the molecule is COc1ccc(CN2CCN(CC(=O)Nc3cc(F)ccc3F)CC2)cc1. The highest BCUT2D eigenvalue weighted by Crippen LogP contribution is 2.16. The van der Waals surface area contributed by atoms with Crippen molar-refractivity contribution in [3.8, 4) is 5.75 Å². The molecular formula is C20H23F2N3O2. The highest BCUT2D eigenvalue weighted by atomic mass is 19.1. The molecule has 0 atom stereocenters. The van der Waals surface area contributed by atoms with Gasteiger partial charge in [-0.15, -0.1) is 0 Å². The second-order valence-electron chi connectivity index (χ2n) is 6.57. The number of nitrogens with zero attached hydrogens (tertiary/aromatic N) is 2. The van der Waals surface area contributed by atoms with E-state index >= 15 is 0 Å². The lowest BCUT2D eigenvalue weighted by atomic mass is 10.2. The molecule has 0 spiro atoms. The summed E-state index contributed by atoms with van der Waals surface area (Å²) in [6.07, 6.45) is 0. The molecule has 0 unspecified atom stereocenters. The lowest BCUT2D eigenvalue weighted by Gasteiger charge is -2.34. The molecule has 1 aliphatic heterocycles. The first-order valence-corrected chi connectivity index (χ1v) is 8.86. The van der Waals surface area contributed by atoms with Crippen LogP contribution in [0.3, 0.4) is 0 Å². The van der Waals surface area contributed by atoms with Crippen molar-refractivity contribution in [3.63, 3.8) is 0 Å². The molecule has 0 aromatic heterocycles. The Morgan fingerprint density at radius 1 is 1.04 bits per heavy atom. The van der Waals surface area contributed by atoms with E-state index in [-0.39, 0.29) is 18.1 Å². The number of ether oxygens (including phenoxy) is 1. The van der Waals surface area contributed by atoms with E-state index < -0.39 is 11.6 Å². The summed E-state index contributed by atoms with van der Waals surface area (Å²) in [6, 6.07) is 11.0. The number of carbonyl (C=O) groups is 1. The van der Waals surface area contributed by atoms with Crippen LogP contribution >= 0.6 is 0 Å². The first-order chi connectivity index (χ1) is 13.0. The molecule has 3 rings (SSSR count). The smallest absolute Gasteiger partial charge is 0.238 e. The van der Waals surface area contributed by atoms with Gasteiger partial charge in [0, 0.05) is 38.8 Å². The molecule has 1 N–H and O–H groups in total. The zero-order valence-electron chi connectivity index (χ0n) is 15.3. The van der Waals surface area contributed by atoms with E-state index in [1.165, 1.54) is 5.56 Å². The summed E-state index contributed by atoms with van der Waals surface area (Å²) < 4.78 is 31.9. The predicted octanol–water partition coefficient (Wildman–Crippen LogP) is 2.73. The molecule has 0 aliphatic carbocycles. The fraction of sp³-hybridized carbons (Fsp3) is 0.350. The Morgan fingerprint density at radius 2 is 1.70 bits per heavy atom. The number of amides is 1. The summed E-state index contributed by atoms with van der Waals surface area (Å²) in [5, 5.41) is 2.44. The van der Waals surface area contributed by atoms with Gasteiger partial charge >= 0.3 is 0 Å². The average Bonchev–Trinajstić information content (AvgIpc) is 2.67. The van der Waals surface area contributed by atoms with Crippen LogP contribution in [0.25, 0.3) is 0 Å². The largest absolute Gasteiger partial charge is 0.497 e. The fourth-order valence-corrected chi connectivity index (χ4v) is 3.08. The van der Waals surface area contributed by atoms with Gasteiger partial charge in [-0.2, -0.15) is 0 Å². The fourth-order valence-electron chi connectivity index (χ4n) is 3.08. The first kappa shape index (κ1) is 19.3. The number of hydrogen-bond donors (Lipinski definition) is 1. The van der Waals surface area contributed by atoms with Gasteiger partial charge in [-0.25, -0.2) is 8.78 Å². The monoisotopic (exact) mass is 375 g/mol. The molecule has 1 aliphatic rings. The quantitative estimate of drug-likeness (QED) is 0.843. The molecule has 7 heteroatoms. The predicted molar refractivity (Wildman–Crippen MR) is 99.7 cm³/mol. The number of benzene rings is 2. The molecule has 1 fully saturated rings. The van der Waals surface area contributed by atoms with E-state index in [9.17, 15) is 13.6 Å². The molecule has 1 saturated heterocycles. The molecule has 5 nitrogen and oxygen atoms in total. The van der Waals surface area contributed by atoms with Gasteiger partial charge in [0.2, 0.25) is 5.91 Å². The molecule has 1 heterocycles. The Balaban J connectivity index is 1.44. The number of nitrogens with one attached hydrogen (secondary N) is 1. The minimum atomic E-state index is -0.644. The summed E-state index contributed by atoms with van der Waals surface area (Å²) in [6.45, 7) is 4.18. The highest BCUT2D eigenvalue weighted by Gasteiger charge is 2.19. The molecule has 27 heavy (non-hydrogen) atoms. The van der Waals surface area contributed by atoms with Crippen molar-refractivity contribution in [2.75, 3.05) is 45.2 Å². The maximum atomic E-state index is 13.6. The third-order valence-corrected chi connectivity index (χ3v) is 4.60. The lowest BCUT2D eigenvalue weighted by molar-refractivity contribution is -0.117. The Hall–Kier alpha value is -2.51. The van der Waals surface area contributed by atoms with Crippen LogP contribution in [0.1, 0.15) is 5.56 Å². The van der Waals surface area contributed by atoms with Gasteiger partial charge in [0.15, 0.2) is 0 Å². The van der Waals surface area contributed by atoms with E-state index in [1.54, 1.807) is 7.11 Å². The summed E-state index contributed by atoms with van der Waals surface area (Å²) in [7, 11) is 1.65. The standard InChI is InChI=1S/C20H23F2N3O2/c1-27-17-5-2-15(3-6-17)13-24-8-10-25(11-9-24)14-20(26)23-19-12-16(21)4-7-18(19)22/h2-7,12H,8-11,13-14H2,1H3,(H,23,26). The van der Waals surface area contributed by atoms with Gasteiger partial charge in [-0.1, -0.05) is 12.1 Å². The first-order valence-electron chi connectivity index (χ1n) is 8.86. The van der Waals surface area contributed by atoms with Crippen molar-refractivity contribution in [1.82, 2.24) is 9.80 Å². The van der Waals surface area contributed by atoms with E-state index in [2.05, 4.69) is 10.2 Å². The maximum absolute atomic E-state index is 13.6. The van der Waals surface area contributed by atoms with E-state index in [0.29, 0.717) is 0 Å². The van der Waals surface area contributed by atoms with Gasteiger partial charge in [-0.3, -0.25) is 14.6 Å². The zero-order valence-corrected chi connectivity index (χ0v) is 15.3. The van der Waals surface area contributed by atoms with E-state index in [4.69, 9.17) is 4.74 Å². The number of piperazine rings is 1. The molecule has 2 aromatic rings. The van der Waals surface area contributed by atoms with Crippen LogP contribution in [0.2, 0.25) is 0 Å². The van der Waals surface area contributed by atoms with Crippen molar-refractivity contribution >= 4 is 11.6 Å². The lowest BCUT2D eigenvalue weighted by Crippen LogP contribution is -2.48. The number of carbonyl (C=O) groups excluding carboxylic acids is 1. The summed E-state index contributed by atoms with van der Waals surface area (Å²) >= 11 is 0. The van der Waals surface area contributed by atoms with Gasteiger partial charge in [-0.05, 0) is 29.8 Å². The molecule has 0 radical (unpaired) electrons. The number of methoxy groups -OCH3 is 1. The summed E-state index contributed by atoms with van der Waals surface area (Å²) in [5.74, 6) is -0.736. The minimum Gasteiger partial charge on any atom is -0.497 e. The Bertz CT molecular complexity index is 775. The molecule has 144 valence electrons. The Kier molecular flexibility index (Phi) is 6.36. The maximum Gasteiger partial charge on any atom is 0.238 e. The average molecular weight is 375 g/mol. The van der Waals surface area contributed by atoms with Crippen molar-refractivity contribution in [2.45, 2.75) is 6.54 Å². The Labute approximate surface area is 157 Å². The zero-order chi connectivity index (χ0) is 19.2. The molecular weight excluding hydrogens is 352 g/mol. The molecule has 0 bridgehead atoms. The summed E-state index contributed by atoms with van der Waals surface area (Å²) in [4.78, 5) is 16.4. The van der Waals surface area contributed by atoms with Crippen LogP contribution in [-0.2, 0) is 11.3 Å². The van der Waals surface area contributed by atoms with Crippen molar-refractivity contribution in [2.24, 2.45) is 0 Å². The van der Waals surface area contributed by atoms with Crippen LogP contribution in [0.5, 0.6) is 5.75 Å². The van der Waals surface area contributed by atoms with E-state index in [0.717, 1.165) is 56.7 Å². The van der Waals surface area contributed by atoms with Crippen molar-refractivity contribution in [1.29, 1.82) is 0 Å². The van der Waals surface area contributed by atoms with Crippen LogP contribution in [0.15, 0.2) is 42.5 Å². The molecule has 1 amide bonds. The topological polar surface area (TPSA) is 44.8 Å². The van der Waals surface area contributed by atoms with Gasteiger partial charge in [0.05, 0.1) is 19.3 Å². The number of anilines is 1. The third kappa shape index (κ3) is 5.48. The van der Waals surface area contributed by atoms with Crippen molar-refractivity contribution in [3.05, 3.63) is 59.7 Å². The molecule has 0 saturated carbocycles. The second kappa shape index (κ2) is 8.92. The van der Waals surface area contributed by atoms with Gasteiger partial charge in [0.1, 0.15) is 17.4 Å². The van der Waals surface area contributed by atoms with Crippen LogP contribution in [-0.4, -0.2) is 55.5 Å². The van der Waals surface area contributed by atoms with Gasteiger partial charge < -0.3 is 10.1 Å². The number of hydrogen-bond acceptors (Lipinski definition) is 4. The highest BCUT2D eigenvalue weighted by molar-refractivity contribution is 5.92. The van der Waals surface area contributed by atoms with Crippen LogP contribution in [0, 0.1) is 11.6 Å². The summed E-state index contributed by atoms with van der Waals surface area (Å²) in [5.41, 5.74) is 1.08. The number of halogens is 2. The van der Waals surface area contributed by atoms with Crippen molar-refractivity contribution < 1.29 is 18.3 Å². The molecule has 2 aromatic carbocycles.